The third-order valence-corrected chi connectivity index (χ3v) is 2.77. The van der Waals surface area contributed by atoms with Crippen molar-refractivity contribution in [2.45, 2.75) is 31.6 Å². The first kappa shape index (κ1) is 11.4. The first-order valence-corrected chi connectivity index (χ1v) is 5.50. The Balaban J connectivity index is 1.98. The third kappa shape index (κ3) is 2.18. The van der Waals surface area contributed by atoms with Gasteiger partial charge in [0.15, 0.2) is 11.6 Å². The van der Waals surface area contributed by atoms with Crippen LogP contribution in [0.25, 0.3) is 0 Å². The number of nitrogens with two attached hydrogens (primary N) is 1. The van der Waals surface area contributed by atoms with E-state index >= 15 is 0 Å². The maximum atomic E-state index is 13.3. The molecule has 0 radical (unpaired) electrons. The zero-order chi connectivity index (χ0) is 11.5. The van der Waals surface area contributed by atoms with Crippen molar-refractivity contribution in [3.8, 4) is 5.75 Å². The minimum Gasteiger partial charge on any atom is -0.485 e. The molecular formula is C12H16FNO2. The summed E-state index contributed by atoms with van der Waals surface area (Å²) in [7, 11) is 0. The molecule has 1 aliphatic carbocycles. The van der Waals surface area contributed by atoms with E-state index in [1.807, 2.05) is 6.92 Å². The quantitative estimate of drug-likeness (QED) is 0.848. The lowest BCUT2D eigenvalue weighted by Crippen LogP contribution is -2.59. The average molecular weight is 225 g/mol. The molecule has 2 N–H and O–H groups in total. The van der Waals surface area contributed by atoms with Gasteiger partial charge in [-0.1, -0.05) is 12.1 Å². The van der Waals surface area contributed by atoms with Crippen molar-refractivity contribution >= 4 is 0 Å². The van der Waals surface area contributed by atoms with E-state index in [2.05, 4.69) is 0 Å². The molecule has 1 fully saturated rings. The molecule has 1 saturated carbocycles. The van der Waals surface area contributed by atoms with Crippen LogP contribution >= 0.6 is 0 Å². The molecule has 0 aliphatic heterocycles. The van der Waals surface area contributed by atoms with E-state index in [1.165, 1.54) is 6.07 Å². The Hall–Kier alpha value is -1.13. The van der Waals surface area contributed by atoms with E-state index in [4.69, 9.17) is 15.2 Å². The summed E-state index contributed by atoms with van der Waals surface area (Å²) in [6, 6.07) is 6.37. The van der Waals surface area contributed by atoms with E-state index in [0.29, 0.717) is 13.0 Å². The number of hydrogen-bond acceptors (Lipinski definition) is 3. The third-order valence-electron chi connectivity index (χ3n) is 2.77. The van der Waals surface area contributed by atoms with Gasteiger partial charge < -0.3 is 15.2 Å². The molecule has 1 aromatic rings. The Morgan fingerprint density at radius 2 is 2.19 bits per heavy atom. The molecule has 0 saturated heterocycles. The summed E-state index contributed by atoms with van der Waals surface area (Å²) in [5.74, 6) is -0.0812. The van der Waals surface area contributed by atoms with Crippen LogP contribution in [0.2, 0.25) is 0 Å². The highest BCUT2D eigenvalue weighted by Crippen LogP contribution is 2.28. The molecule has 4 heteroatoms. The van der Waals surface area contributed by atoms with Gasteiger partial charge in [-0.3, -0.25) is 0 Å². The zero-order valence-electron chi connectivity index (χ0n) is 9.23. The Morgan fingerprint density at radius 3 is 2.81 bits per heavy atom. The van der Waals surface area contributed by atoms with E-state index in [9.17, 15) is 4.39 Å². The van der Waals surface area contributed by atoms with Crippen LogP contribution in [-0.4, -0.2) is 24.9 Å². The molecule has 3 unspecified atom stereocenters. The Labute approximate surface area is 94.3 Å². The summed E-state index contributed by atoms with van der Waals surface area (Å²) in [4.78, 5) is 0. The summed E-state index contributed by atoms with van der Waals surface area (Å²) in [6.07, 6.45) is 0.454. The lowest BCUT2D eigenvalue weighted by molar-refractivity contribution is -0.0955. The second-order valence-corrected chi connectivity index (χ2v) is 3.91. The summed E-state index contributed by atoms with van der Waals surface area (Å²) in [6.45, 7) is 2.50. The lowest BCUT2D eigenvalue weighted by atomic mass is 9.86. The number of hydrogen-bond donors (Lipinski definition) is 1. The van der Waals surface area contributed by atoms with Crippen molar-refractivity contribution in [1.29, 1.82) is 0 Å². The molecule has 0 aromatic heterocycles. The fraction of sp³-hybridized carbons (Fsp3) is 0.500. The maximum absolute atomic E-state index is 13.3. The molecule has 0 amide bonds. The molecule has 3 atom stereocenters. The Bertz CT molecular complexity index is 359. The van der Waals surface area contributed by atoms with Gasteiger partial charge in [0.1, 0.15) is 12.2 Å². The standard InChI is InChI=1S/C12H16FNO2/c1-2-15-12-9(14)7-11(12)16-10-6-4-3-5-8(10)13/h3-6,9,11-12H,2,7,14H2,1H3. The van der Waals surface area contributed by atoms with E-state index in [-0.39, 0.29) is 29.8 Å². The number of benzene rings is 1. The number of halogens is 1. The predicted octanol–water partition coefficient (Wildman–Crippen LogP) is 1.71. The van der Waals surface area contributed by atoms with Crippen LogP contribution in [0.15, 0.2) is 24.3 Å². The smallest absolute Gasteiger partial charge is 0.165 e. The molecule has 16 heavy (non-hydrogen) atoms. The van der Waals surface area contributed by atoms with Crippen LogP contribution in [0.5, 0.6) is 5.75 Å². The minimum absolute atomic E-state index is 0.00303. The molecule has 0 spiro atoms. The Kier molecular flexibility index (Phi) is 3.41. The lowest BCUT2D eigenvalue weighted by Gasteiger charge is -2.41. The second-order valence-electron chi connectivity index (χ2n) is 3.91. The van der Waals surface area contributed by atoms with Crippen molar-refractivity contribution in [3.05, 3.63) is 30.1 Å². The summed E-state index contributed by atoms with van der Waals surface area (Å²) in [5.41, 5.74) is 5.79. The summed E-state index contributed by atoms with van der Waals surface area (Å²) >= 11 is 0. The van der Waals surface area contributed by atoms with Crippen molar-refractivity contribution in [1.82, 2.24) is 0 Å². The highest BCUT2D eigenvalue weighted by molar-refractivity contribution is 5.24. The van der Waals surface area contributed by atoms with E-state index in [1.54, 1.807) is 18.2 Å². The van der Waals surface area contributed by atoms with Gasteiger partial charge in [-0.2, -0.15) is 0 Å². The average Bonchev–Trinajstić information content (AvgIpc) is 2.28. The number of para-hydroxylation sites is 1. The first-order chi connectivity index (χ1) is 7.72. The van der Waals surface area contributed by atoms with Crippen LogP contribution < -0.4 is 10.5 Å². The van der Waals surface area contributed by atoms with Gasteiger partial charge in [-0.05, 0) is 19.1 Å². The predicted molar refractivity (Wildman–Crippen MR) is 58.8 cm³/mol. The maximum Gasteiger partial charge on any atom is 0.165 e. The molecule has 0 heterocycles. The van der Waals surface area contributed by atoms with Gasteiger partial charge in [0.05, 0.1) is 0 Å². The highest BCUT2D eigenvalue weighted by Gasteiger charge is 2.41. The second kappa shape index (κ2) is 4.80. The molecular weight excluding hydrogens is 209 g/mol. The van der Waals surface area contributed by atoms with Crippen LogP contribution in [-0.2, 0) is 4.74 Å². The monoisotopic (exact) mass is 225 g/mol. The minimum atomic E-state index is -0.349. The fourth-order valence-electron chi connectivity index (χ4n) is 1.86. The van der Waals surface area contributed by atoms with Gasteiger partial charge in [0.25, 0.3) is 0 Å². The normalized spacial score (nSPS) is 28.6. The van der Waals surface area contributed by atoms with Crippen molar-refractivity contribution in [2.24, 2.45) is 5.73 Å². The van der Waals surface area contributed by atoms with Gasteiger partial charge in [0, 0.05) is 19.1 Å². The largest absolute Gasteiger partial charge is 0.485 e. The molecule has 1 aliphatic rings. The molecule has 3 nitrogen and oxygen atoms in total. The van der Waals surface area contributed by atoms with Gasteiger partial charge >= 0.3 is 0 Å². The summed E-state index contributed by atoms with van der Waals surface area (Å²) < 4.78 is 24.3. The van der Waals surface area contributed by atoms with E-state index < -0.39 is 0 Å². The van der Waals surface area contributed by atoms with Crippen molar-refractivity contribution in [2.75, 3.05) is 6.61 Å². The Morgan fingerprint density at radius 1 is 1.44 bits per heavy atom. The van der Waals surface area contributed by atoms with Crippen LogP contribution in [0.1, 0.15) is 13.3 Å². The van der Waals surface area contributed by atoms with E-state index in [0.717, 1.165) is 0 Å². The van der Waals surface area contributed by atoms with Crippen LogP contribution in [0.3, 0.4) is 0 Å². The fourth-order valence-corrected chi connectivity index (χ4v) is 1.86. The van der Waals surface area contributed by atoms with Gasteiger partial charge in [-0.25, -0.2) is 4.39 Å². The highest BCUT2D eigenvalue weighted by atomic mass is 19.1. The van der Waals surface area contributed by atoms with Crippen LogP contribution in [0.4, 0.5) is 4.39 Å². The molecule has 2 rings (SSSR count). The van der Waals surface area contributed by atoms with Crippen LogP contribution in [0, 0.1) is 5.82 Å². The van der Waals surface area contributed by atoms with Crippen molar-refractivity contribution < 1.29 is 13.9 Å². The first-order valence-electron chi connectivity index (χ1n) is 5.50. The summed E-state index contributed by atoms with van der Waals surface area (Å²) in [5, 5.41) is 0. The molecule has 88 valence electrons. The number of ether oxygens (including phenoxy) is 2. The topological polar surface area (TPSA) is 44.5 Å². The number of rotatable bonds is 4. The van der Waals surface area contributed by atoms with Gasteiger partial charge in [0.2, 0.25) is 0 Å². The molecule has 0 bridgehead atoms. The SMILES string of the molecule is CCOC1C(N)CC1Oc1ccccc1F. The molecule has 1 aromatic carbocycles. The van der Waals surface area contributed by atoms with Crippen molar-refractivity contribution in [3.63, 3.8) is 0 Å². The van der Waals surface area contributed by atoms with Gasteiger partial charge in [-0.15, -0.1) is 0 Å². The zero-order valence-corrected chi connectivity index (χ0v) is 9.23.